The van der Waals surface area contributed by atoms with Gasteiger partial charge in [0.05, 0.1) is 17.1 Å². The summed E-state index contributed by atoms with van der Waals surface area (Å²) in [5.74, 6) is 1.31. The molecule has 6 aromatic rings. The van der Waals surface area contributed by atoms with Gasteiger partial charge in [-0.1, -0.05) is 83.9 Å². The monoisotopic (exact) mass is 506 g/mol. The Morgan fingerprint density at radius 3 is 1.85 bits per heavy atom. The van der Waals surface area contributed by atoms with E-state index in [0.29, 0.717) is 17.2 Å². The van der Waals surface area contributed by atoms with Gasteiger partial charge in [-0.05, 0) is 73.2 Å². The van der Waals surface area contributed by atoms with Crippen molar-refractivity contribution in [2.45, 2.75) is 13.8 Å². The Balaban J connectivity index is 1.37. The number of fused-ring (bicyclic) bond motifs is 2. The lowest BCUT2D eigenvalue weighted by Crippen LogP contribution is -1.87. The first kappa shape index (κ1) is 24.2. The Labute approximate surface area is 227 Å². The molecule has 0 aliphatic carbocycles. The topological polar surface area (TPSA) is 58.7 Å². The molecule has 6 aromatic carbocycles. The molecule has 5 heteroatoms. The van der Waals surface area contributed by atoms with Crippen LogP contribution in [0.3, 0.4) is 0 Å². The highest BCUT2D eigenvalue weighted by atomic mass is 16.5. The van der Waals surface area contributed by atoms with Crippen molar-refractivity contribution in [3.8, 4) is 11.5 Å². The fraction of sp³-hybridized carbons (Fsp3) is 0.0588. The molecule has 188 valence electrons. The maximum atomic E-state index is 6.44. The molecule has 0 aliphatic heterocycles. The van der Waals surface area contributed by atoms with Crippen LogP contribution in [0.4, 0.5) is 22.7 Å². The van der Waals surface area contributed by atoms with Crippen LogP contribution in [0, 0.1) is 13.8 Å². The molecule has 0 bridgehead atoms. The highest BCUT2D eigenvalue weighted by molar-refractivity contribution is 5.96. The van der Waals surface area contributed by atoms with Gasteiger partial charge in [0.25, 0.3) is 0 Å². The molecule has 0 aliphatic rings. The van der Waals surface area contributed by atoms with E-state index in [2.05, 4.69) is 46.4 Å². The summed E-state index contributed by atoms with van der Waals surface area (Å²) >= 11 is 0. The van der Waals surface area contributed by atoms with Crippen LogP contribution in [0.2, 0.25) is 0 Å². The number of ether oxygens (including phenoxy) is 1. The molecule has 0 fully saturated rings. The van der Waals surface area contributed by atoms with E-state index < -0.39 is 0 Å². The third-order valence-electron chi connectivity index (χ3n) is 6.53. The normalized spacial score (nSPS) is 11.6. The fourth-order valence-electron chi connectivity index (χ4n) is 4.38. The summed E-state index contributed by atoms with van der Waals surface area (Å²) in [6, 6.07) is 40.0. The van der Waals surface area contributed by atoms with Gasteiger partial charge in [0, 0.05) is 10.8 Å². The molecule has 0 saturated carbocycles. The van der Waals surface area contributed by atoms with Crippen LogP contribution in [0.15, 0.2) is 142 Å². The van der Waals surface area contributed by atoms with E-state index >= 15 is 0 Å². The van der Waals surface area contributed by atoms with E-state index in [0.717, 1.165) is 38.6 Å². The van der Waals surface area contributed by atoms with E-state index in [1.54, 1.807) is 0 Å². The zero-order valence-electron chi connectivity index (χ0n) is 21.7. The van der Waals surface area contributed by atoms with E-state index in [4.69, 9.17) is 4.74 Å². The molecule has 5 nitrogen and oxygen atoms in total. The quantitative estimate of drug-likeness (QED) is 0.207. The zero-order chi connectivity index (χ0) is 26.6. The maximum absolute atomic E-state index is 6.44. The van der Waals surface area contributed by atoms with E-state index in [9.17, 15) is 0 Å². The number of hydrogen-bond donors (Lipinski definition) is 0. The third-order valence-corrected chi connectivity index (χ3v) is 6.53. The Morgan fingerprint density at radius 1 is 0.487 bits per heavy atom. The van der Waals surface area contributed by atoms with Crippen molar-refractivity contribution in [2.75, 3.05) is 0 Å². The van der Waals surface area contributed by atoms with Gasteiger partial charge in [0.1, 0.15) is 11.4 Å². The molecule has 0 saturated heterocycles. The minimum Gasteiger partial charge on any atom is -0.455 e. The van der Waals surface area contributed by atoms with Gasteiger partial charge < -0.3 is 4.74 Å². The van der Waals surface area contributed by atoms with Crippen molar-refractivity contribution in [1.82, 2.24) is 0 Å². The van der Waals surface area contributed by atoms with Crippen LogP contribution >= 0.6 is 0 Å². The van der Waals surface area contributed by atoms with Crippen LogP contribution in [0.25, 0.3) is 21.5 Å². The first-order valence-corrected chi connectivity index (χ1v) is 12.8. The third kappa shape index (κ3) is 5.43. The van der Waals surface area contributed by atoms with Gasteiger partial charge >= 0.3 is 0 Å². The summed E-state index contributed by atoms with van der Waals surface area (Å²) in [6.07, 6.45) is 0. The Hall–Kier alpha value is -5.16. The van der Waals surface area contributed by atoms with Crippen molar-refractivity contribution in [3.63, 3.8) is 0 Å². The van der Waals surface area contributed by atoms with Crippen LogP contribution in [-0.4, -0.2) is 0 Å². The van der Waals surface area contributed by atoms with Gasteiger partial charge in [-0.25, -0.2) is 0 Å². The van der Waals surface area contributed by atoms with E-state index in [1.165, 1.54) is 11.1 Å². The summed E-state index contributed by atoms with van der Waals surface area (Å²) in [4.78, 5) is 0. The largest absolute Gasteiger partial charge is 0.455 e. The van der Waals surface area contributed by atoms with Gasteiger partial charge in [0.2, 0.25) is 0 Å². The maximum Gasteiger partial charge on any atom is 0.155 e. The standard InChI is InChI=1S/C34H26N4O/c1-23-10-16-27(17-11-23)35-37-32-9-5-7-26-14-20-29(22-31(26)32)39-33-21-15-25-6-3-4-8-30(25)34(33)38-36-28-18-12-24(2)13-19-28/h3-22H,1-2H3. The van der Waals surface area contributed by atoms with Crippen molar-refractivity contribution < 1.29 is 4.74 Å². The fourth-order valence-corrected chi connectivity index (χ4v) is 4.38. The number of hydrogen-bond acceptors (Lipinski definition) is 5. The lowest BCUT2D eigenvalue weighted by atomic mass is 10.1. The molecule has 0 unspecified atom stereocenters. The smallest absolute Gasteiger partial charge is 0.155 e. The molecule has 0 N–H and O–H groups in total. The van der Waals surface area contributed by atoms with E-state index in [-0.39, 0.29) is 0 Å². The minimum atomic E-state index is 0.627. The molecular formula is C34H26N4O. The second kappa shape index (κ2) is 10.7. The second-order valence-electron chi connectivity index (χ2n) is 9.47. The predicted molar refractivity (Wildman–Crippen MR) is 159 cm³/mol. The molecule has 0 radical (unpaired) electrons. The second-order valence-corrected chi connectivity index (χ2v) is 9.47. The number of nitrogens with zero attached hydrogens (tertiary/aromatic N) is 4. The average molecular weight is 507 g/mol. The van der Waals surface area contributed by atoms with Gasteiger partial charge in [-0.2, -0.15) is 10.2 Å². The summed E-state index contributed by atoms with van der Waals surface area (Å²) in [7, 11) is 0. The Kier molecular flexibility index (Phi) is 6.62. The van der Waals surface area contributed by atoms with Gasteiger partial charge in [0.15, 0.2) is 5.75 Å². The molecule has 0 spiro atoms. The highest BCUT2D eigenvalue weighted by Crippen LogP contribution is 2.40. The summed E-state index contributed by atoms with van der Waals surface area (Å²) < 4.78 is 6.44. The van der Waals surface area contributed by atoms with Crippen molar-refractivity contribution >= 4 is 44.3 Å². The lowest BCUT2D eigenvalue weighted by molar-refractivity contribution is 0.485. The number of rotatable bonds is 6. The van der Waals surface area contributed by atoms with Gasteiger partial charge in [-0.3, -0.25) is 0 Å². The number of benzene rings is 6. The first-order chi connectivity index (χ1) is 19.1. The highest BCUT2D eigenvalue weighted by Gasteiger charge is 2.11. The van der Waals surface area contributed by atoms with Crippen LogP contribution in [0.5, 0.6) is 11.5 Å². The van der Waals surface area contributed by atoms with Crippen LogP contribution in [0.1, 0.15) is 11.1 Å². The summed E-state index contributed by atoms with van der Waals surface area (Å²) in [5, 5.41) is 22.2. The van der Waals surface area contributed by atoms with Crippen molar-refractivity contribution in [3.05, 3.63) is 132 Å². The zero-order valence-corrected chi connectivity index (χ0v) is 21.7. The number of azo groups is 2. The van der Waals surface area contributed by atoms with E-state index in [1.807, 2.05) is 109 Å². The molecule has 6 rings (SSSR count). The Morgan fingerprint density at radius 2 is 1.10 bits per heavy atom. The van der Waals surface area contributed by atoms with Gasteiger partial charge in [-0.15, -0.1) is 10.2 Å². The average Bonchev–Trinajstić information content (AvgIpc) is 2.97. The Bertz CT molecular complexity index is 1840. The first-order valence-electron chi connectivity index (χ1n) is 12.8. The molecular weight excluding hydrogens is 480 g/mol. The molecule has 0 amide bonds. The summed E-state index contributed by atoms with van der Waals surface area (Å²) in [6.45, 7) is 4.11. The summed E-state index contributed by atoms with van der Waals surface area (Å²) in [5.41, 5.74) is 5.42. The minimum absolute atomic E-state index is 0.627. The lowest BCUT2D eigenvalue weighted by Gasteiger charge is -2.12. The molecule has 39 heavy (non-hydrogen) atoms. The molecule has 0 atom stereocenters. The van der Waals surface area contributed by atoms with Crippen LogP contribution in [-0.2, 0) is 0 Å². The number of aryl methyl sites for hydroxylation is 2. The molecule has 0 aromatic heterocycles. The SMILES string of the molecule is Cc1ccc(N=Nc2cccc3ccc(Oc4ccc5ccccc5c4N=Nc4ccc(C)cc4)cc23)cc1. The van der Waals surface area contributed by atoms with Crippen LogP contribution < -0.4 is 4.74 Å². The predicted octanol–water partition coefficient (Wildman–Crippen LogP) is 11.2. The molecule has 0 heterocycles. The van der Waals surface area contributed by atoms with Crippen molar-refractivity contribution in [1.29, 1.82) is 0 Å². The van der Waals surface area contributed by atoms with Crippen molar-refractivity contribution in [2.24, 2.45) is 20.5 Å².